The lowest BCUT2D eigenvalue weighted by Crippen LogP contribution is -2.50. The second kappa shape index (κ2) is 11.6. The van der Waals surface area contributed by atoms with Gasteiger partial charge in [-0.1, -0.05) is 28.9 Å². The second-order valence-corrected chi connectivity index (χ2v) is 10.4. The van der Waals surface area contributed by atoms with E-state index in [1.165, 1.54) is 17.7 Å². The highest BCUT2D eigenvalue weighted by Gasteiger charge is 2.41. The number of hydrogen-bond acceptors (Lipinski definition) is 7. The van der Waals surface area contributed by atoms with Crippen molar-refractivity contribution in [3.63, 3.8) is 0 Å². The molecule has 7 nitrogen and oxygen atoms in total. The van der Waals surface area contributed by atoms with Crippen molar-refractivity contribution in [1.82, 2.24) is 15.1 Å². The van der Waals surface area contributed by atoms with Crippen molar-refractivity contribution in [2.75, 3.05) is 78.0 Å². The van der Waals surface area contributed by atoms with E-state index in [0.29, 0.717) is 6.61 Å². The van der Waals surface area contributed by atoms with Gasteiger partial charge in [0.05, 0.1) is 5.92 Å². The van der Waals surface area contributed by atoms with Gasteiger partial charge in [-0.2, -0.15) is 0 Å². The van der Waals surface area contributed by atoms with Crippen LogP contribution in [0.4, 0.5) is 10.1 Å². The zero-order valence-corrected chi connectivity index (χ0v) is 22.1. The molecule has 0 aliphatic carbocycles. The van der Waals surface area contributed by atoms with E-state index < -0.39 is 0 Å². The molecule has 0 spiro atoms. The number of piperazine rings is 1. The van der Waals surface area contributed by atoms with E-state index in [9.17, 15) is 4.39 Å². The van der Waals surface area contributed by atoms with Gasteiger partial charge in [0, 0.05) is 76.7 Å². The Morgan fingerprint density at radius 3 is 2.65 bits per heavy atom. The second-order valence-electron chi connectivity index (χ2n) is 10.4. The number of rotatable bonds is 9. The molecule has 0 bridgehead atoms. The number of ether oxygens (including phenoxy) is 1. The molecule has 37 heavy (non-hydrogen) atoms. The van der Waals surface area contributed by atoms with Crippen molar-refractivity contribution in [2.24, 2.45) is 11.1 Å². The van der Waals surface area contributed by atoms with Gasteiger partial charge in [0.2, 0.25) is 0 Å². The number of oxime groups is 1. The molecular formula is C29H38FN5O2. The van der Waals surface area contributed by atoms with Crippen LogP contribution in [0.2, 0.25) is 0 Å². The lowest BCUT2D eigenvalue weighted by molar-refractivity contribution is 0.0101. The van der Waals surface area contributed by atoms with Crippen molar-refractivity contribution in [3.05, 3.63) is 65.0 Å². The van der Waals surface area contributed by atoms with Gasteiger partial charge in [0.25, 0.3) is 0 Å². The summed E-state index contributed by atoms with van der Waals surface area (Å²) in [6, 6.07) is 13.0. The van der Waals surface area contributed by atoms with Crippen LogP contribution in [-0.2, 0) is 4.84 Å². The first kappa shape index (κ1) is 25.7. The Morgan fingerprint density at radius 1 is 1.14 bits per heavy atom. The van der Waals surface area contributed by atoms with Crippen LogP contribution in [0.15, 0.2) is 53.2 Å². The normalized spacial score (nSPS) is 22.1. The van der Waals surface area contributed by atoms with Gasteiger partial charge in [-0.3, -0.25) is 9.80 Å². The maximum atomic E-state index is 13.2. The average Bonchev–Trinajstić information content (AvgIpc) is 3.32. The summed E-state index contributed by atoms with van der Waals surface area (Å²) in [5.41, 5.74) is 5.55. The largest absolute Gasteiger partial charge is 0.492 e. The van der Waals surface area contributed by atoms with Crippen LogP contribution in [0.3, 0.4) is 0 Å². The molecule has 2 aromatic rings. The van der Waals surface area contributed by atoms with E-state index in [-0.39, 0.29) is 17.8 Å². The van der Waals surface area contributed by atoms with E-state index in [1.807, 2.05) is 19.2 Å². The predicted octanol–water partition coefficient (Wildman–Crippen LogP) is 3.31. The highest BCUT2D eigenvalue weighted by atomic mass is 19.1. The van der Waals surface area contributed by atoms with Gasteiger partial charge in [-0.05, 0) is 43.8 Å². The zero-order chi connectivity index (χ0) is 25.8. The molecule has 3 aliphatic rings. The Hall–Kier alpha value is -2.94. The minimum Gasteiger partial charge on any atom is -0.492 e. The van der Waals surface area contributed by atoms with Crippen LogP contribution in [0.25, 0.3) is 6.08 Å². The minimum atomic E-state index is -0.198. The van der Waals surface area contributed by atoms with Crippen LogP contribution < -0.4 is 15.0 Å². The fourth-order valence-corrected chi connectivity index (χ4v) is 5.33. The van der Waals surface area contributed by atoms with Gasteiger partial charge in [0.1, 0.15) is 23.9 Å². The van der Waals surface area contributed by atoms with E-state index in [4.69, 9.17) is 9.57 Å². The van der Waals surface area contributed by atoms with E-state index >= 15 is 0 Å². The molecule has 3 heterocycles. The number of hydrogen-bond donors (Lipinski definition) is 1. The van der Waals surface area contributed by atoms with Crippen molar-refractivity contribution in [1.29, 1.82) is 0 Å². The lowest BCUT2D eigenvalue weighted by atomic mass is 9.90. The summed E-state index contributed by atoms with van der Waals surface area (Å²) in [5.74, 6) is 0.862. The van der Waals surface area contributed by atoms with Crippen LogP contribution in [-0.4, -0.2) is 94.7 Å². The highest BCUT2D eigenvalue weighted by Crippen LogP contribution is 2.36. The number of likely N-dealkylation sites (N-methyl/N-ethyl adjacent to an activating group) is 2. The first-order valence-electron chi connectivity index (χ1n) is 13.2. The van der Waals surface area contributed by atoms with Crippen molar-refractivity contribution in [2.45, 2.75) is 13.0 Å². The molecule has 0 aromatic heterocycles. The molecule has 1 N–H and O–H groups in total. The molecule has 0 saturated carbocycles. The van der Waals surface area contributed by atoms with Crippen LogP contribution in [0.1, 0.15) is 18.1 Å². The maximum Gasteiger partial charge on any atom is 0.151 e. The van der Waals surface area contributed by atoms with Crippen LogP contribution >= 0.6 is 0 Å². The van der Waals surface area contributed by atoms with E-state index in [0.717, 1.165) is 80.6 Å². The molecule has 2 unspecified atom stereocenters. The molecule has 2 atom stereocenters. The Bertz CT molecular complexity index is 1130. The third-order valence-electron chi connectivity index (χ3n) is 7.54. The SMILES string of the molecule is CNCCN(C)c1ccc2c(c1)OCC1C2=NOC1CN1CCN(C/C(C)=C/c2ccc(F)cc2)CC1. The minimum absolute atomic E-state index is 0.0211. The number of anilines is 1. The molecule has 198 valence electrons. The van der Waals surface area contributed by atoms with Crippen molar-refractivity contribution in [3.8, 4) is 5.75 Å². The molecule has 8 heteroatoms. The van der Waals surface area contributed by atoms with Gasteiger partial charge in [-0.15, -0.1) is 0 Å². The van der Waals surface area contributed by atoms with E-state index in [1.54, 1.807) is 0 Å². The number of halogens is 1. The monoisotopic (exact) mass is 507 g/mol. The molecule has 5 rings (SSSR count). The summed E-state index contributed by atoms with van der Waals surface area (Å²) in [6.45, 7) is 10.4. The van der Waals surface area contributed by atoms with Gasteiger partial charge in [-0.25, -0.2) is 4.39 Å². The predicted molar refractivity (Wildman–Crippen MR) is 147 cm³/mol. The first-order valence-corrected chi connectivity index (χ1v) is 13.2. The number of benzene rings is 2. The Kier molecular flexibility index (Phi) is 8.08. The number of nitrogens with zero attached hydrogens (tertiary/aromatic N) is 4. The molecule has 0 radical (unpaired) electrons. The third kappa shape index (κ3) is 6.14. The summed E-state index contributed by atoms with van der Waals surface area (Å²) >= 11 is 0. The van der Waals surface area contributed by atoms with Crippen LogP contribution in [0, 0.1) is 11.7 Å². The van der Waals surface area contributed by atoms with Gasteiger partial charge < -0.3 is 19.8 Å². The fourth-order valence-electron chi connectivity index (χ4n) is 5.33. The Balaban J connectivity index is 1.11. The highest BCUT2D eigenvalue weighted by molar-refractivity contribution is 6.06. The third-order valence-corrected chi connectivity index (χ3v) is 7.54. The molecular weight excluding hydrogens is 469 g/mol. The van der Waals surface area contributed by atoms with Crippen molar-refractivity contribution >= 4 is 17.5 Å². The lowest BCUT2D eigenvalue weighted by Gasteiger charge is -2.36. The standard InChI is InChI=1S/C29H38FN5O2/c1-21(16-22-4-6-23(30)7-5-22)18-34-12-14-35(15-13-34)19-28-26-20-36-27-17-24(33(3)11-10-31-2)8-9-25(27)29(26)32-37-28/h4-9,16-17,26,28,31H,10-15,18-20H2,1-3H3/b21-16+. The molecule has 0 amide bonds. The number of fused-ring (bicyclic) bond motifs is 3. The summed E-state index contributed by atoms with van der Waals surface area (Å²) in [4.78, 5) is 13.1. The molecule has 3 aliphatic heterocycles. The fraction of sp³-hybridized carbons (Fsp3) is 0.483. The maximum absolute atomic E-state index is 13.2. The summed E-state index contributed by atoms with van der Waals surface area (Å²) in [7, 11) is 4.06. The quantitative estimate of drug-likeness (QED) is 0.562. The summed E-state index contributed by atoms with van der Waals surface area (Å²) < 4.78 is 19.4. The molecule has 1 fully saturated rings. The Labute approximate surface area is 219 Å². The number of nitrogens with one attached hydrogen (secondary N) is 1. The van der Waals surface area contributed by atoms with Gasteiger partial charge >= 0.3 is 0 Å². The summed E-state index contributed by atoms with van der Waals surface area (Å²) in [5, 5.41) is 7.71. The first-order chi connectivity index (χ1) is 18.0. The van der Waals surface area contributed by atoms with Gasteiger partial charge in [0.15, 0.2) is 6.10 Å². The Morgan fingerprint density at radius 2 is 1.89 bits per heavy atom. The van der Waals surface area contributed by atoms with Crippen LogP contribution in [0.5, 0.6) is 5.75 Å². The van der Waals surface area contributed by atoms with E-state index in [2.05, 4.69) is 63.4 Å². The summed E-state index contributed by atoms with van der Waals surface area (Å²) in [6.07, 6.45) is 2.16. The zero-order valence-electron chi connectivity index (χ0n) is 22.1. The van der Waals surface area contributed by atoms with Crippen molar-refractivity contribution < 1.29 is 14.0 Å². The topological polar surface area (TPSA) is 52.6 Å². The smallest absolute Gasteiger partial charge is 0.151 e. The molecule has 2 aromatic carbocycles. The molecule has 1 saturated heterocycles. The average molecular weight is 508 g/mol.